The smallest absolute Gasteiger partial charge is 0.258 e. The van der Waals surface area contributed by atoms with Gasteiger partial charge in [-0.25, -0.2) is 0 Å². The summed E-state index contributed by atoms with van der Waals surface area (Å²) in [6.45, 7) is 10.9. The van der Waals surface area contributed by atoms with Crippen LogP contribution in [0.15, 0.2) is 18.2 Å². The monoisotopic (exact) mass is 559 g/mol. The van der Waals surface area contributed by atoms with E-state index in [1.54, 1.807) is 11.0 Å². The molecule has 2 amide bonds. The topological polar surface area (TPSA) is 91.3 Å². The molecule has 2 N–H and O–H groups in total. The highest BCUT2D eigenvalue weighted by atomic mass is 16.5. The van der Waals surface area contributed by atoms with Crippen molar-refractivity contribution in [3.05, 3.63) is 23.8 Å². The maximum Gasteiger partial charge on any atom is 0.258 e. The summed E-state index contributed by atoms with van der Waals surface area (Å²) >= 11 is 0. The average Bonchev–Trinajstić information content (AvgIpc) is 2.95. The van der Waals surface area contributed by atoms with Crippen LogP contribution in [0.4, 0.5) is 5.69 Å². The van der Waals surface area contributed by atoms with Gasteiger partial charge in [0.05, 0.1) is 30.4 Å². The lowest BCUT2D eigenvalue weighted by atomic mass is 9.88. The van der Waals surface area contributed by atoms with Crippen molar-refractivity contribution in [2.45, 2.75) is 104 Å². The SMILES string of the molecule is CCCN(C)C[C@H]1OCCCC[C@@H](C)Oc2ccc(NC(=O)C3CCCCC3)cc2C(=O)N([C@H](C)CO)C[C@@H]1C. The van der Waals surface area contributed by atoms with Crippen molar-refractivity contribution < 1.29 is 24.2 Å². The highest BCUT2D eigenvalue weighted by Crippen LogP contribution is 2.30. The summed E-state index contributed by atoms with van der Waals surface area (Å²) < 4.78 is 12.7. The highest BCUT2D eigenvalue weighted by Gasteiger charge is 2.30. The third kappa shape index (κ3) is 9.45. The van der Waals surface area contributed by atoms with Crippen LogP contribution in [0, 0.1) is 11.8 Å². The predicted molar refractivity (Wildman–Crippen MR) is 160 cm³/mol. The number of aliphatic hydroxyl groups is 1. The Labute approximate surface area is 241 Å². The molecule has 1 aromatic rings. The van der Waals surface area contributed by atoms with E-state index in [0.29, 0.717) is 30.2 Å². The molecular weight excluding hydrogens is 506 g/mol. The number of carbonyl (C=O) groups excluding carboxylic acids is 2. The van der Waals surface area contributed by atoms with Gasteiger partial charge in [-0.3, -0.25) is 9.59 Å². The fraction of sp³-hybridized carbons (Fsp3) is 0.750. The third-order valence-electron chi connectivity index (χ3n) is 8.39. The second kappa shape index (κ2) is 16.3. The maximum atomic E-state index is 14.2. The first-order valence-electron chi connectivity index (χ1n) is 15.6. The number of ether oxygens (including phenoxy) is 2. The molecule has 8 heteroatoms. The second-order valence-electron chi connectivity index (χ2n) is 12.1. The first-order chi connectivity index (χ1) is 19.2. The molecule has 3 rings (SSSR count). The first-order valence-corrected chi connectivity index (χ1v) is 15.6. The fourth-order valence-corrected chi connectivity index (χ4v) is 5.85. The zero-order valence-corrected chi connectivity index (χ0v) is 25.5. The number of benzene rings is 1. The van der Waals surface area contributed by atoms with Crippen molar-refractivity contribution in [3.8, 4) is 5.75 Å². The van der Waals surface area contributed by atoms with Gasteiger partial charge in [-0.1, -0.05) is 33.1 Å². The lowest BCUT2D eigenvalue weighted by molar-refractivity contribution is -0.120. The lowest BCUT2D eigenvalue weighted by Crippen LogP contribution is -2.47. The number of rotatable bonds is 8. The van der Waals surface area contributed by atoms with E-state index in [1.165, 1.54) is 6.42 Å². The van der Waals surface area contributed by atoms with E-state index in [1.807, 2.05) is 26.0 Å². The highest BCUT2D eigenvalue weighted by molar-refractivity contribution is 6.00. The molecule has 0 spiro atoms. The van der Waals surface area contributed by atoms with Gasteiger partial charge in [-0.05, 0) is 84.2 Å². The third-order valence-corrected chi connectivity index (χ3v) is 8.39. The van der Waals surface area contributed by atoms with Crippen LogP contribution in [0.3, 0.4) is 0 Å². The lowest BCUT2D eigenvalue weighted by Gasteiger charge is -2.36. The molecule has 0 aromatic heterocycles. The van der Waals surface area contributed by atoms with Crippen molar-refractivity contribution in [3.63, 3.8) is 0 Å². The largest absolute Gasteiger partial charge is 0.490 e. The molecule has 0 saturated heterocycles. The Kier molecular flexibility index (Phi) is 13.2. The number of fused-ring (bicyclic) bond motifs is 1. The van der Waals surface area contributed by atoms with Crippen molar-refractivity contribution in [2.24, 2.45) is 11.8 Å². The minimum absolute atomic E-state index is 0.0175. The molecule has 1 aliphatic heterocycles. The van der Waals surface area contributed by atoms with Crippen molar-refractivity contribution in [1.29, 1.82) is 0 Å². The Morgan fingerprint density at radius 3 is 2.58 bits per heavy atom. The summed E-state index contributed by atoms with van der Waals surface area (Å²) in [6.07, 6.45) is 8.89. The van der Waals surface area contributed by atoms with E-state index in [-0.39, 0.29) is 48.5 Å². The Bertz CT molecular complexity index is 935. The van der Waals surface area contributed by atoms with Gasteiger partial charge in [0.1, 0.15) is 5.75 Å². The Balaban J connectivity index is 1.92. The molecule has 1 fully saturated rings. The van der Waals surface area contributed by atoms with E-state index >= 15 is 0 Å². The van der Waals surface area contributed by atoms with Gasteiger partial charge in [-0.2, -0.15) is 0 Å². The van der Waals surface area contributed by atoms with Crippen LogP contribution in [0.5, 0.6) is 5.75 Å². The fourth-order valence-electron chi connectivity index (χ4n) is 5.85. The van der Waals surface area contributed by atoms with Crippen LogP contribution in [-0.4, -0.2) is 84.9 Å². The average molecular weight is 560 g/mol. The molecule has 0 bridgehead atoms. The maximum absolute atomic E-state index is 14.2. The van der Waals surface area contributed by atoms with E-state index in [0.717, 1.165) is 64.5 Å². The molecule has 1 saturated carbocycles. The van der Waals surface area contributed by atoms with Crippen LogP contribution in [-0.2, 0) is 9.53 Å². The van der Waals surface area contributed by atoms with Crippen molar-refractivity contribution in [2.75, 3.05) is 45.2 Å². The van der Waals surface area contributed by atoms with Gasteiger partial charge in [0.25, 0.3) is 5.91 Å². The molecule has 1 aliphatic carbocycles. The Hall–Kier alpha value is -2.16. The van der Waals surface area contributed by atoms with Gasteiger partial charge in [-0.15, -0.1) is 0 Å². The molecule has 1 aromatic carbocycles. The van der Waals surface area contributed by atoms with Crippen LogP contribution < -0.4 is 10.1 Å². The number of carbonyl (C=O) groups is 2. The predicted octanol–water partition coefficient (Wildman–Crippen LogP) is 5.34. The first kappa shape index (κ1) is 32.4. The number of likely N-dealkylation sites (N-methyl/N-ethyl adjacent to an activating group) is 1. The minimum Gasteiger partial charge on any atom is -0.490 e. The Morgan fingerprint density at radius 1 is 1.15 bits per heavy atom. The summed E-state index contributed by atoms with van der Waals surface area (Å²) in [6, 6.07) is 5.01. The second-order valence-corrected chi connectivity index (χ2v) is 12.1. The molecule has 226 valence electrons. The van der Waals surface area contributed by atoms with Crippen LogP contribution in [0.25, 0.3) is 0 Å². The quantitative estimate of drug-likeness (QED) is 0.447. The van der Waals surface area contributed by atoms with Gasteiger partial charge < -0.3 is 29.7 Å². The van der Waals surface area contributed by atoms with Crippen molar-refractivity contribution >= 4 is 17.5 Å². The van der Waals surface area contributed by atoms with Gasteiger partial charge >= 0.3 is 0 Å². The van der Waals surface area contributed by atoms with Crippen LogP contribution >= 0.6 is 0 Å². The number of nitrogens with zero attached hydrogens (tertiary/aromatic N) is 2. The molecular formula is C32H53N3O5. The number of aliphatic hydroxyl groups excluding tert-OH is 1. The molecule has 0 unspecified atom stereocenters. The Morgan fingerprint density at radius 2 is 1.88 bits per heavy atom. The van der Waals surface area contributed by atoms with Crippen LogP contribution in [0.1, 0.15) is 95.8 Å². The van der Waals surface area contributed by atoms with Gasteiger partial charge in [0, 0.05) is 37.2 Å². The summed E-state index contributed by atoms with van der Waals surface area (Å²) in [7, 11) is 2.11. The van der Waals surface area contributed by atoms with E-state index in [2.05, 4.69) is 31.1 Å². The zero-order valence-electron chi connectivity index (χ0n) is 25.5. The summed E-state index contributed by atoms with van der Waals surface area (Å²) in [4.78, 5) is 31.2. The molecule has 4 atom stereocenters. The summed E-state index contributed by atoms with van der Waals surface area (Å²) in [5.74, 6) is 0.403. The van der Waals surface area contributed by atoms with E-state index in [9.17, 15) is 14.7 Å². The molecule has 0 radical (unpaired) electrons. The normalized spacial score (nSPS) is 24.6. The van der Waals surface area contributed by atoms with E-state index in [4.69, 9.17) is 9.47 Å². The minimum atomic E-state index is -0.386. The van der Waals surface area contributed by atoms with Gasteiger partial charge in [0.15, 0.2) is 0 Å². The summed E-state index contributed by atoms with van der Waals surface area (Å²) in [5, 5.41) is 13.2. The van der Waals surface area contributed by atoms with Gasteiger partial charge in [0.2, 0.25) is 5.91 Å². The molecule has 1 heterocycles. The number of nitrogens with one attached hydrogen (secondary N) is 1. The zero-order chi connectivity index (χ0) is 29.1. The van der Waals surface area contributed by atoms with Crippen LogP contribution in [0.2, 0.25) is 0 Å². The van der Waals surface area contributed by atoms with Crippen molar-refractivity contribution in [1.82, 2.24) is 9.80 Å². The molecule has 40 heavy (non-hydrogen) atoms. The number of hydrogen-bond donors (Lipinski definition) is 2. The number of amides is 2. The molecule has 2 aliphatic rings. The van der Waals surface area contributed by atoms with E-state index < -0.39 is 0 Å². The number of anilines is 1. The summed E-state index contributed by atoms with van der Waals surface area (Å²) in [5.41, 5.74) is 1.02. The standard InChI is InChI=1S/C32H53N3O5/c1-6-17-34(5)21-30-23(2)20-35(24(3)22-36)32(38)28-19-27(33-31(37)26-13-8-7-9-14-26)15-16-29(28)40-25(4)12-10-11-18-39-30/h15-16,19,23-26,30,36H,6-14,17-18,20-22H2,1-5H3,(H,33,37)/t23-,24+,25+,30+/m0/s1. The molecule has 8 nitrogen and oxygen atoms in total. The number of hydrogen-bond acceptors (Lipinski definition) is 6.